The Labute approximate surface area is 121 Å². The molecule has 0 radical (unpaired) electrons. The van der Waals surface area contributed by atoms with E-state index in [9.17, 15) is 18.4 Å². The SMILES string of the molecule is CC(C)C(CCO)NC(=O)C(=O)Nc1ccc(F)c(F)c1. The van der Waals surface area contributed by atoms with Gasteiger partial charge in [-0.15, -0.1) is 0 Å². The number of halogens is 2. The molecule has 7 heteroatoms. The van der Waals surface area contributed by atoms with Crippen LogP contribution in [0.4, 0.5) is 14.5 Å². The molecule has 1 aromatic rings. The van der Waals surface area contributed by atoms with Crippen molar-refractivity contribution in [2.45, 2.75) is 26.3 Å². The molecule has 0 fully saturated rings. The molecule has 1 aromatic carbocycles. The number of carbonyl (C=O) groups is 2. The van der Waals surface area contributed by atoms with Crippen LogP contribution in [0.3, 0.4) is 0 Å². The van der Waals surface area contributed by atoms with Gasteiger partial charge >= 0.3 is 11.8 Å². The lowest BCUT2D eigenvalue weighted by atomic mass is 10.0. The predicted octanol–water partition coefficient (Wildman–Crippen LogP) is 1.43. The first-order chi connectivity index (χ1) is 9.85. The summed E-state index contributed by atoms with van der Waals surface area (Å²) in [5.41, 5.74) is -0.0164. The van der Waals surface area contributed by atoms with Crippen molar-refractivity contribution in [3.8, 4) is 0 Å². The van der Waals surface area contributed by atoms with Gasteiger partial charge < -0.3 is 15.7 Å². The zero-order chi connectivity index (χ0) is 16.0. The third kappa shape index (κ3) is 5.11. The van der Waals surface area contributed by atoms with Gasteiger partial charge in [0.15, 0.2) is 11.6 Å². The highest BCUT2D eigenvalue weighted by molar-refractivity contribution is 6.39. The highest BCUT2D eigenvalue weighted by Gasteiger charge is 2.21. The van der Waals surface area contributed by atoms with E-state index in [4.69, 9.17) is 5.11 Å². The normalized spacial score (nSPS) is 12.1. The summed E-state index contributed by atoms with van der Waals surface area (Å²) in [6, 6.07) is 2.44. The first kappa shape index (κ1) is 17.0. The zero-order valence-corrected chi connectivity index (χ0v) is 11.8. The Hall–Kier alpha value is -2.02. The minimum Gasteiger partial charge on any atom is -0.396 e. The molecule has 1 rings (SSSR count). The van der Waals surface area contributed by atoms with Crippen LogP contribution in [-0.2, 0) is 9.59 Å². The molecule has 21 heavy (non-hydrogen) atoms. The molecule has 0 heterocycles. The Bertz CT molecular complexity index is 521. The zero-order valence-electron chi connectivity index (χ0n) is 11.8. The molecule has 3 N–H and O–H groups in total. The third-order valence-electron chi connectivity index (χ3n) is 2.95. The van der Waals surface area contributed by atoms with E-state index in [1.165, 1.54) is 0 Å². The summed E-state index contributed by atoms with van der Waals surface area (Å²) in [7, 11) is 0. The summed E-state index contributed by atoms with van der Waals surface area (Å²) in [6.45, 7) is 3.57. The van der Waals surface area contributed by atoms with Crippen LogP contribution in [0.25, 0.3) is 0 Å². The Morgan fingerprint density at radius 3 is 2.38 bits per heavy atom. The van der Waals surface area contributed by atoms with Crippen LogP contribution < -0.4 is 10.6 Å². The quantitative estimate of drug-likeness (QED) is 0.720. The van der Waals surface area contributed by atoms with Gasteiger partial charge in [0.05, 0.1) is 0 Å². The van der Waals surface area contributed by atoms with E-state index in [0.29, 0.717) is 6.42 Å². The highest BCUT2D eigenvalue weighted by atomic mass is 19.2. The molecule has 116 valence electrons. The molecule has 0 aromatic heterocycles. The summed E-state index contributed by atoms with van der Waals surface area (Å²) >= 11 is 0. The summed E-state index contributed by atoms with van der Waals surface area (Å²) < 4.78 is 25.7. The Kier molecular flexibility index (Phi) is 6.23. The lowest BCUT2D eigenvalue weighted by Crippen LogP contribution is -2.44. The van der Waals surface area contributed by atoms with Crippen LogP contribution in [0.15, 0.2) is 18.2 Å². The molecule has 5 nitrogen and oxygen atoms in total. The fourth-order valence-corrected chi connectivity index (χ4v) is 1.71. The molecule has 0 saturated heterocycles. The maximum Gasteiger partial charge on any atom is 0.313 e. The van der Waals surface area contributed by atoms with Gasteiger partial charge in [-0.05, 0) is 24.5 Å². The summed E-state index contributed by atoms with van der Waals surface area (Å²) in [5, 5.41) is 13.6. The number of aliphatic hydroxyl groups is 1. The summed E-state index contributed by atoms with van der Waals surface area (Å²) in [4.78, 5) is 23.4. The molecule has 0 aliphatic heterocycles. The molecule has 0 aliphatic rings. The average molecular weight is 300 g/mol. The Morgan fingerprint density at radius 1 is 1.19 bits per heavy atom. The predicted molar refractivity (Wildman–Crippen MR) is 73.5 cm³/mol. The Balaban J connectivity index is 2.65. The summed E-state index contributed by atoms with van der Waals surface area (Å²) in [5.74, 6) is -4.00. The third-order valence-corrected chi connectivity index (χ3v) is 2.95. The van der Waals surface area contributed by atoms with Crippen molar-refractivity contribution in [1.82, 2.24) is 5.32 Å². The number of aliphatic hydroxyl groups excluding tert-OH is 1. The van der Waals surface area contributed by atoms with Gasteiger partial charge in [-0.2, -0.15) is 0 Å². The van der Waals surface area contributed by atoms with Gasteiger partial charge in [-0.25, -0.2) is 8.78 Å². The van der Waals surface area contributed by atoms with E-state index in [1.54, 1.807) is 0 Å². The number of nitrogens with one attached hydrogen (secondary N) is 2. The molecular weight excluding hydrogens is 282 g/mol. The van der Waals surface area contributed by atoms with Crippen molar-refractivity contribution >= 4 is 17.5 Å². The van der Waals surface area contributed by atoms with Crippen LogP contribution in [-0.4, -0.2) is 29.6 Å². The Morgan fingerprint density at radius 2 is 1.86 bits per heavy atom. The molecule has 1 unspecified atom stereocenters. The van der Waals surface area contributed by atoms with E-state index < -0.39 is 23.4 Å². The first-order valence-corrected chi connectivity index (χ1v) is 6.53. The van der Waals surface area contributed by atoms with Gasteiger partial charge in [0.1, 0.15) is 0 Å². The van der Waals surface area contributed by atoms with Gasteiger partial charge in [0.25, 0.3) is 0 Å². The van der Waals surface area contributed by atoms with Crippen molar-refractivity contribution in [2.75, 3.05) is 11.9 Å². The average Bonchev–Trinajstić information content (AvgIpc) is 2.42. The second-order valence-corrected chi connectivity index (χ2v) is 4.92. The van der Waals surface area contributed by atoms with Gasteiger partial charge in [-0.1, -0.05) is 13.8 Å². The fraction of sp³-hybridized carbons (Fsp3) is 0.429. The van der Waals surface area contributed by atoms with E-state index in [1.807, 2.05) is 13.8 Å². The second kappa shape index (κ2) is 7.68. The van der Waals surface area contributed by atoms with Crippen molar-refractivity contribution in [1.29, 1.82) is 0 Å². The molecule has 0 spiro atoms. The molecule has 0 saturated carbocycles. The van der Waals surface area contributed by atoms with Crippen molar-refractivity contribution < 1.29 is 23.5 Å². The van der Waals surface area contributed by atoms with E-state index in [2.05, 4.69) is 10.6 Å². The van der Waals surface area contributed by atoms with Crippen molar-refractivity contribution in [3.63, 3.8) is 0 Å². The van der Waals surface area contributed by atoms with Crippen LogP contribution in [0.5, 0.6) is 0 Å². The van der Waals surface area contributed by atoms with Gasteiger partial charge in [0.2, 0.25) is 0 Å². The minimum absolute atomic E-state index is 0.0164. The lowest BCUT2D eigenvalue weighted by Gasteiger charge is -2.21. The van der Waals surface area contributed by atoms with E-state index in [-0.39, 0.29) is 24.3 Å². The number of hydrogen-bond acceptors (Lipinski definition) is 3. The fourth-order valence-electron chi connectivity index (χ4n) is 1.71. The molecule has 0 bridgehead atoms. The maximum absolute atomic E-state index is 13.0. The van der Waals surface area contributed by atoms with Crippen LogP contribution in [0.2, 0.25) is 0 Å². The van der Waals surface area contributed by atoms with Crippen molar-refractivity contribution in [3.05, 3.63) is 29.8 Å². The number of amides is 2. The minimum atomic E-state index is -1.12. The molecular formula is C14H18F2N2O3. The smallest absolute Gasteiger partial charge is 0.313 e. The number of benzene rings is 1. The topological polar surface area (TPSA) is 78.4 Å². The first-order valence-electron chi connectivity index (χ1n) is 6.53. The largest absolute Gasteiger partial charge is 0.396 e. The molecule has 0 aliphatic carbocycles. The van der Waals surface area contributed by atoms with E-state index >= 15 is 0 Å². The van der Waals surface area contributed by atoms with Gasteiger partial charge in [-0.3, -0.25) is 9.59 Å². The maximum atomic E-state index is 13.0. The number of hydrogen-bond donors (Lipinski definition) is 3. The number of anilines is 1. The van der Waals surface area contributed by atoms with E-state index in [0.717, 1.165) is 18.2 Å². The second-order valence-electron chi connectivity index (χ2n) is 4.92. The molecule has 2 amide bonds. The lowest BCUT2D eigenvalue weighted by molar-refractivity contribution is -0.136. The molecule has 1 atom stereocenters. The van der Waals surface area contributed by atoms with Crippen LogP contribution in [0, 0.1) is 17.6 Å². The number of carbonyl (C=O) groups excluding carboxylic acids is 2. The van der Waals surface area contributed by atoms with Crippen LogP contribution in [0.1, 0.15) is 20.3 Å². The highest BCUT2D eigenvalue weighted by Crippen LogP contribution is 2.13. The monoisotopic (exact) mass is 300 g/mol. The van der Waals surface area contributed by atoms with Gasteiger partial charge in [0, 0.05) is 24.4 Å². The number of rotatable bonds is 5. The standard InChI is InChI=1S/C14H18F2N2O3/c1-8(2)12(5-6-19)18-14(21)13(20)17-9-3-4-10(15)11(16)7-9/h3-4,7-8,12,19H,5-6H2,1-2H3,(H,17,20)(H,18,21). The van der Waals surface area contributed by atoms with Crippen molar-refractivity contribution in [2.24, 2.45) is 5.92 Å². The summed E-state index contributed by atoms with van der Waals surface area (Å²) in [6.07, 6.45) is 0.321. The van der Waals surface area contributed by atoms with Crippen LogP contribution >= 0.6 is 0 Å².